The van der Waals surface area contributed by atoms with Crippen LogP contribution >= 0.6 is 0 Å². The Morgan fingerprint density at radius 3 is 2.48 bits per heavy atom. The van der Waals surface area contributed by atoms with Gasteiger partial charge in [0.25, 0.3) is 0 Å². The zero-order valence-electron chi connectivity index (χ0n) is 15.7. The maximum atomic E-state index is 12.7. The molecule has 146 valence electrons. The molecule has 2 amide bonds. The molecular formula is C20H29N5O2. The van der Waals surface area contributed by atoms with Crippen LogP contribution in [0.4, 0.5) is 0 Å². The molecule has 3 fully saturated rings. The van der Waals surface area contributed by atoms with Gasteiger partial charge < -0.3 is 10.2 Å². The van der Waals surface area contributed by atoms with Crippen molar-refractivity contribution in [1.29, 1.82) is 0 Å². The van der Waals surface area contributed by atoms with Crippen LogP contribution in [0.2, 0.25) is 0 Å². The van der Waals surface area contributed by atoms with Crippen molar-refractivity contribution in [3.05, 3.63) is 35.9 Å². The first kappa shape index (κ1) is 18.4. The molecule has 2 saturated heterocycles. The zero-order chi connectivity index (χ0) is 18.6. The van der Waals surface area contributed by atoms with Gasteiger partial charge in [-0.15, -0.1) is 0 Å². The highest BCUT2D eigenvalue weighted by Gasteiger charge is 2.40. The van der Waals surface area contributed by atoms with E-state index in [0.29, 0.717) is 32.2 Å². The van der Waals surface area contributed by atoms with Crippen molar-refractivity contribution in [1.82, 2.24) is 26.0 Å². The van der Waals surface area contributed by atoms with E-state index in [1.807, 2.05) is 35.2 Å². The molecule has 2 unspecified atom stereocenters. The van der Waals surface area contributed by atoms with Gasteiger partial charge in [-0.25, -0.2) is 5.43 Å². The SMILES string of the molecule is O=C(CN1CCN(C(=O)C2CC(C3CC3)NN2)CC1)NCc1ccccc1. The van der Waals surface area contributed by atoms with E-state index in [9.17, 15) is 9.59 Å². The van der Waals surface area contributed by atoms with Crippen LogP contribution in [0.25, 0.3) is 0 Å². The minimum atomic E-state index is -0.101. The van der Waals surface area contributed by atoms with Crippen LogP contribution in [0, 0.1) is 5.92 Å². The number of benzene rings is 1. The highest BCUT2D eigenvalue weighted by molar-refractivity contribution is 5.82. The van der Waals surface area contributed by atoms with Gasteiger partial charge in [-0.2, -0.15) is 0 Å². The van der Waals surface area contributed by atoms with E-state index in [4.69, 9.17) is 0 Å². The van der Waals surface area contributed by atoms with Gasteiger partial charge in [0.1, 0.15) is 6.04 Å². The summed E-state index contributed by atoms with van der Waals surface area (Å²) in [6, 6.07) is 10.3. The first-order valence-corrected chi connectivity index (χ1v) is 10.0. The van der Waals surface area contributed by atoms with Crippen molar-refractivity contribution in [2.24, 2.45) is 5.92 Å². The number of hydrogen-bond acceptors (Lipinski definition) is 5. The monoisotopic (exact) mass is 371 g/mol. The van der Waals surface area contributed by atoms with Gasteiger partial charge >= 0.3 is 0 Å². The molecule has 7 nitrogen and oxygen atoms in total. The molecule has 27 heavy (non-hydrogen) atoms. The molecule has 2 heterocycles. The molecule has 0 aromatic heterocycles. The van der Waals surface area contributed by atoms with Crippen molar-refractivity contribution < 1.29 is 9.59 Å². The Bertz CT molecular complexity index is 656. The number of nitrogens with zero attached hydrogens (tertiary/aromatic N) is 2. The number of piperazine rings is 1. The third-order valence-electron chi connectivity index (χ3n) is 5.81. The molecular weight excluding hydrogens is 342 g/mol. The molecule has 3 N–H and O–H groups in total. The Labute approximate surface area is 160 Å². The smallest absolute Gasteiger partial charge is 0.241 e. The average Bonchev–Trinajstić information content (AvgIpc) is 3.44. The standard InChI is InChI=1S/C20H29N5O2/c26-19(21-13-15-4-2-1-3-5-15)14-24-8-10-25(11-9-24)20(27)18-12-17(22-23-18)16-6-7-16/h1-5,16-18,22-23H,6-14H2,(H,21,26). The number of amides is 2. The summed E-state index contributed by atoms with van der Waals surface area (Å²) >= 11 is 0. The van der Waals surface area contributed by atoms with E-state index in [1.165, 1.54) is 12.8 Å². The second-order valence-electron chi connectivity index (χ2n) is 7.88. The predicted molar refractivity (Wildman–Crippen MR) is 102 cm³/mol. The lowest BCUT2D eigenvalue weighted by Crippen LogP contribution is -2.54. The minimum absolute atomic E-state index is 0.0348. The Balaban J connectivity index is 1.16. The van der Waals surface area contributed by atoms with Crippen LogP contribution in [0.5, 0.6) is 0 Å². The third kappa shape index (κ3) is 4.86. The number of carbonyl (C=O) groups is 2. The highest BCUT2D eigenvalue weighted by atomic mass is 16.2. The molecule has 1 saturated carbocycles. The van der Waals surface area contributed by atoms with Crippen LogP contribution in [0.1, 0.15) is 24.8 Å². The van der Waals surface area contributed by atoms with Crippen LogP contribution in [-0.2, 0) is 16.1 Å². The molecule has 1 aliphatic carbocycles. The van der Waals surface area contributed by atoms with Crippen LogP contribution in [0.3, 0.4) is 0 Å². The normalized spacial score (nSPS) is 26.1. The molecule has 7 heteroatoms. The fraction of sp³-hybridized carbons (Fsp3) is 0.600. The van der Waals surface area contributed by atoms with Gasteiger partial charge in [-0.1, -0.05) is 30.3 Å². The van der Waals surface area contributed by atoms with Gasteiger partial charge in [-0.05, 0) is 30.7 Å². The molecule has 4 rings (SSSR count). The summed E-state index contributed by atoms with van der Waals surface area (Å²) in [5, 5.41) is 2.97. The van der Waals surface area contributed by atoms with E-state index < -0.39 is 0 Å². The summed E-state index contributed by atoms with van der Waals surface area (Å²) in [7, 11) is 0. The lowest BCUT2D eigenvalue weighted by atomic mass is 10.1. The quantitative estimate of drug-likeness (QED) is 0.661. The maximum Gasteiger partial charge on any atom is 0.241 e. The number of rotatable bonds is 6. The fourth-order valence-corrected chi connectivity index (χ4v) is 3.95. The van der Waals surface area contributed by atoms with Crippen molar-refractivity contribution in [2.75, 3.05) is 32.7 Å². The van der Waals surface area contributed by atoms with Gasteiger partial charge in [-0.3, -0.25) is 19.9 Å². The third-order valence-corrected chi connectivity index (χ3v) is 5.81. The van der Waals surface area contributed by atoms with E-state index in [2.05, 4.69) is 21.1 Å². The topological polar surface area (TPSA) is 76.7 Å². The Hall–Kier alpha value is -1.96. The number of nitrogens with one attached hydrogen (secondary N) is 3. The Morgan fingerprint density at radius 2 is 1.78 bits per heavy atom. The largest absolute Gasteiger partial charge is 0.351 e. The summed E-state index contributed by atoms with van der Waals surface area (Å²) in [5.74, 6) is 0.980. The van der Waals surface area contributed by atoms with Crippen molar-refractivity contribution in [3.8, 4) is 0 Å². The molecule has 0 radical (unpaired) electrons. The molecule has 3 aliphatic rings. The summed E-state index contributed by atoms with van der Waals surface area (Å²) in [6.07, 6.45) is 3.46. The first-order chi connectivity index (χ1) is 13.2. The van der Waals surface area contributed by atoms with Crippen LogP contribution in [0.15, 0.2) is 30.3 Å². The fourth-order valence-electron chi connectivity index (χ4n) is 3.95. The van der Waals surface area contributed by atoms with Crippen molar-refractivity contribution >= 4 is 11.8 Å². The lowest BCUT2D eigenvalue weighted by molar-refractivity contribution is -0.135. The van der Waals surface area contributed by atoms with Crippen molar-refractivity contribution in [2.45, 2.75) is 37.9 Å². The Morgan fingerprint density at radius 1 is 1.04 bits per heavy atom. The summed E-state index contributed by atoms with van der Waals surface area (Å²) < 4.78 is 0. The predicted octanol–water partition coefficient (Wildman–Crippen LogP) is 0.0921. The molecule has 0 spiro atoms. The molecule has 0 bridgehead atoms. The molecule has 2 aliphatic heterocycles. The minimum Gasteiger partial charge on any atom is -0.351 e. The van der Waals surface area contributed by atoms with E-state index in [1.54, 1.807) is 0 Å². The number of hydrogen-bond donors (Lipinski definition) is 3. The average molecular weight is 371 g/mol. The number of carbonyl (C=O) groups excluding carboxylic acids is 2. The van der Waals surface area contributed by atoms with Gasteiger partial charge in [0.05, 0.1) is 6.54 Å². The van der Waals surface area contributed by atoms with E-state index >= 15 is 0 Å². The summed E-state index contributed by atoms with van der Waals surface area (Å²) in [6.45, 7) is 3.82. The van der Waals surface area contributed by atoms with Crippen LogP contribution in [-0.4, -0.2) is 66.4 Å². The zero-order valence-corrected chi connectivity index (χ0v) is 15.7. The molecule has 1 aromatic carbocycles. The lowest BCUT2D eigenvalue weighted by Gasteiger charge is -2.35. The second kappa shape index (κ2) is 8.37. The van der Waals surface area contributed by atoms with Crippen molar-refractivity contribution in [3.63, 3.8) is 0 Å². The van der Waals surface area contributed by atoms with E-state index in [0.717, 1.165) is 31.0 Å². The highest BCUT2D eigenvalue weighted by Crippen LogP contribution is 2.35. The van der Waals surface area contributed by atoms with Gasteiger partial charge in [0.15, 0.2) is 0 Å². The second-order valence-corrected chi connectivity index (χ2v) is 7.88. The van der Waals surface area contributed by atoms with E-state index in [-0.39, 0.29) is 17.9 Å². The first-order valence-electron chi connectivity index (χ1n) is 10.0. The van der Waals surface area contributed by atoms with Crippen LogP contribution < -0.4 is 16.2 Å². The molecule has 2 atom stereocenters. The Kier molecular flexibility index (Phi) is 5.71. The maximum absolute atomic E-state index is 12.7. The van der Waals surface area contributed by atoms with Gasteiger partial charge in [0, 0.05) is 38.8 Å². The molecule has 1 aromatic rings. The summed E-state index contributed by atoms with van der Waals surface area (Å²) in [5.41, 5.74) is 7.57. The number of hydrazine groups is 1. The van der Waals surface area contributed by atoms with Gasteiger partial charge in [0.2, 0.25) is 11.8 Å². The summed E-state index contributed by atoms with van der Waals surface area (Å²) in [4.78, 5) is 28.9.